The quantitative estimate of drug-likeness (QED) is 0.725. The van der Waals surface area contributed by atoms with Crippen molar-refractivity contribution in [3.05, 3.63) is 29.8 Å². The lowest BCUT2D eigenvalue weighted by atomic mass is 9.93. The second-order valence-corrected chi connectivity index (χ2v) is 12.1. The predicted molar refractivity (Wildman–Crippen MR) is 114 cm³/mol. The van der Waals surface area contributed by atoms with E-state index in [0.29, 0.717) is 17.7 Å². The number of aliphatic imine (C=N–C) groups is 1. The Morgan fingerprint density at radius 2 is 2.03 bits per heavy atom. The van der Waals surface area contributed by atoms with Gasteiger partial charge in [-0.15, -0.1) is 0 Å². The zero-order valence-electron chi connectivity index (χ0n) is 16.5. The van der Waals surface area contributed by atoms with Crippen LogP contribution in [0.3, 0.4) is 0 Å². The molecular formula is C21H26N2O4S2. The smallest absolute Gasteiger partial charge is 0.252 e. The van der Waals surface area contributed by atoms with Gasteiger partial charge >= 0.3 is 0 Å². The first-order valence-corrected chi connectivity index (χ1v) is 13.0. The minimum atomic E-state index is -3.01. The van der Waals surface area contributed by atoms with Gasteiger partial charge in [0.2, 0.25) is 0 Å². The second kappa shape index (κ2) is 7.30. The molecule has 4 fully saturated rings. The first-order valence-electron chi connectivity index (χ1n) is 10.3. The van der Waals surface area contributed by atoms with Crippen molar-refractivity contribution >= 4 is 32.7 Å². The zero-order chi connectivity index (χ0) is 20.2. The number of amides is 1. The molecule has 0 spiro atoms. The zero-order valence-corrected chi connectivity index (χ0v) is 18.1. The average molecular weight is 435 g/mol. The molecule has 2 saturated carbocycles. The minimum absolute atomic E-state index is 0.00284. The lowest BCUT2D eigenvalue weighted by Crippen LogP contribution is -2.47. The summed E-state index contributed by atoms with van der Waals surface area (Å²) in [6, 6.07) is 7.79. The van der Waals surface area contributed by atoms with Crippen LogP contribution in [0.5, 0.6) is 5.75 Å². The fourth-order valence-electron chi connectivity index (χ4n) is 5.69. The second-order valence-electron chi connectivity index (χ2n) is 8.73. The van der Waals surface area contributed by atoms with E-state index in [0.717, 1.165) is 23.1 Å². The molecule has 2 saturated heterocycles. The SMILES string of the molecule is COc1ccccc1CC(=O)N=C1S[C@@H]2CS(=O)(=O)C[C@H]2N1[C@@H]1C[C@@H]2CC[C@@H]1C2. The average Bonchev–Trinajstić information content (AvgIpc) is 3.41. The van der Waals surface area contributed by atoms with Crippen molar-refractivity contribution in [2.45, 2.75) is 49.4 Å². The number of fused-ring (bicyclic) bond motifs is 3. The predicted octanol–water partition coefficient (Wildman–Crippen LogP) is 2.52. The number of nitrogens with zero attached hydrogens (tertiary/aromatic N) is 2. The molecule has 0 aromatic heterocycles. The summed E-state index contributed by atoms with van der Waals surface area (Å²) in [4.78, 5) is 19.5. The largest absolute Gasteiger partial charge is 0.496 e. The lowest BCUT2D eigenvalue weighted by molar-refractivity contribution is -0.117. The number of carbonyl (C=O) groups excluding carboxylic acids is 1. The summed E-state index contributed by atoms with van der Waals surface area (Å²) < 4.78 is 29.8. The van der Waals surface area contributed by atoms with Crippen LogP contribution in [0.2, 0.25) is 0 Å². The van der Waals surface area contributed by atoms with Crippen LogP contribution >= 0.6 is 11.8 Å². The first kappa shape index (κ1) is 19.4. The van der Waals surface area contributed by atoms with Gasteiger partial charge in [0.05, 0.1) is 31.1 Å². The topological polar surface area (TPSA) is 76.0 Å². The molecule has 156 valence electrons. The van der Waals surface area contributed by atoms with E-state index in [1.807, 2.05) is 24.3 Å². The highest BCUT2D eigenvalue weighted by atomic mass is 32.2. The number of methoxy groups -OCH3 is 1. The summed E-state index contributed by atoms with van der Waals surface area (Å²) in [7, 11) is -1.41. The van der Waals surface area contributed by atoms with Crippen molar-refractivity contribution in [3.8, 4) is 5.75 Å². The highest BCUT2D eigenvalue weighted by Crippen LogP contribution is 2.51. The van der Waals surface area contributed by atoms with Gasteiger partial charge in [-0.3, -0.25) is 4.79 Å². The maximum absolute atomic E-state index is 12.8. The van der Waals surface area contributed by atoms with Crippen molar-refractivity contribution in [3.63, 3.8) is 0 Å². The van der Waals surface area contributed by atoms with Crippen molar-refractivity contribution in [2.75, 3.05) is 18.6 Å². The number of thioether (sulfide) groups is 1. The van der Waals surface area contributed by atoms with E-state index < -0.39 is 9.84 Å². The van der Waals surface area contributed by atoms with E-state index in [9.17, 15) is 13.2 Å². The third kappa shape index (κ3) is 3.58. The van der Waals surface area contributed by atoms with E-state index in [2.05, 4.69) is 9.89 Å². The summed E-state index contributed by atoms with van der Waals surface area (Å²) >= 11 is 1.50. The molecule has 8 heteroatoms. The van der Waals surface area contributed by atoms with Gasteiger partial charge in [0.25, 0.3) is 5.91 Å². The number of para-hydroxylation sites is 1. The monoisotopic (exact) mass is 434 g/mol. The van der Waals surface area contributed by atoms with Gasteiger partial charge in [0, 0.05) is 16.9 Å². The molecule has 6 nitrogen and oxygen atoms in total. The number of amidine groups is 1. The Hall–Kier alpha value is -1.54. The number of hydrogen-bond donors (Lipinski definition) is 0. The normalized spacial score (nSPS) is 36.0. The molecule has 0 radical (unpaired) electrons. The minimum Gasteiger partial charge on any atom is -0.496 e. The van der Waals surface area contributed by atoms with Crippen LogP contribution in [0, 0.1) is 11.8 Å². The van der Waals surface area contributed by atoms with Crippen LogP contribution in [0.4, 0.5) is 0 Å². The molecule has 2 aliphatic heterocycles. The van der Waals surface area contributed by atoms with Gasteiger partial charge in [0.1, 0.15) is 5.75 Å². The summed E-state index contributed by atoms with van der Waals surface area (Å²) in [5.74, 6) is 2.23. The molecule has 0 N–H and O–H groups in total. The van der Waals surface area contributed by atoms with E-state index in [1.165, 1.54) is 31.0 Å². The standard InChI is InChI=1S/C21H26N2O4S2/c1-27-18-5-3-2-4-15(18)10-20(24)22-21-23(16-9-13-6-7-14(16)8-13)17-11-29(25,26)12-19(17)28-21/h2-5,13-14,16-17,19H,6-12H2,1H3/t13-,14-,16-,17-,19-/m1/s1. The third-order valence-electron chi connectivity index (χ3n) is 6.92. The van der Waals surface area contributed by atoms with Crippen molar-refractivity contribution in [1.82, 2.24) is 4.90 Å². The number of rotatable bonds is 4. The van der Waals surface area contributed by atoms with Crippen LogP contribution in [0.1, 0.15) is 31.2 Å². The van der Waals surface area contributed by atoms with Crippen LogP contribution in [-0.4, -0.2) is 60.3 Å². The first-order chi connectivity index (χ1) is 13.9. The lowest BCUT2D eigenvalue weighted by Gasteiger charge is -2.36. The number of sulfone groups is 1. The fourth-order valence-corrected chi connectivity index (χ4v) is 9.68. The Morgan fingerprint density at radius 1 is 1.21 bits per heavy atom. The van der Waals surface area contributed by atoms with Crippen molar-refractivity contribution in [2.24, 2.45) is 16.8 Å². The number of carbonyl (C=O) groups is 1. The Bertz CT molecular complexity index is 961. The van der Waals surface area contributed by atoms with Gasteiger partial charge in [-0.1, -0.05) is 36.4 Å². The molecule has 4 aliphatic rings. The van der Waals surface area contributed by atoms with Crippen LogP contribution in [0.25, 0.3) is 0 Å². The van der Waals surface area contributed by atoms with Crippen LogP contribution < -0.4 is 4.74 Å². The molecule has 2 heterocycles. The Balaban J connectivity index is 1.41. The van der Waals surface area contributed by atoms with E-state index in [-0.39, 0.29) is 35.1 Å². The van der Waals surface area contributed by atoms with E-state index >= 15 is 0 Å². The van der Waals surface area contributed by atoms with Gasteiger partial charge in [-0.05, 0) is 37.2 Å². The molecule has 1 aromatic carbocycles. The molecule has 1 aromatic rings. The number of hydrogen-bond acceptors (Lipinski definition) is 5. The van der Waals surface area contributed by atoms with Gasteiger partial charge in [0.15, 0.2) is 15.0 Å². The molecule has 2 bridgehead atoms. The summed E-state index contributed by atoms with van der Waals surface area (Å²) in [5.41, 5.74) is 0.821. The fraction of sp³-hybridized carbons (Fsp3) is 0.619. The van der Waals surface area contributed by atoms with Crippen molar-refractivity contribution < 1.29 is 17.9 Å². The summed E-state index contributed by atoms with van der Waals surface area (Å²) in [6.45, 7) is 0. The number of ether oxygens (including phenoxy) is 1. The summed E-state index contributed by atoms with van der Waals surface area (Å²) in [6.07, 6.45) is 5.02. The van der Waals surface area contributed by atoms with Crippen LogP contribution in [0.15, 0.2) is 29.3 Å². The molecule has 1 amide bonds. The van der Waals surface area contributed by atoms with Gasteiger partial charge < -0.3 is 9.64 Å². The highest BCUT2D eigenvalue weighted by Gasteiger charge is 2.54. The molecule has 5 atom stereocenters. The van der Waals surface area contributed by atoms with Crippen LogP contribution in [-0.2, 0) is 21.1 Å². The Kier molecular flexibility index (Phi) is 4.89. The Labute approximate surface area is 176 Å². The third-order valence-corrected chi connectivity index (χ3v) is 10.1. The van der Waals surface area contributed by atoms with E-state index in [4.69, 9.17) is 4.74 Å². The summed E-state index contributed by atoms with van der Waals surface area (Å²) in [5, 5.41) is 0.740. The molecule has 0 unspecified atom stereocenters. The highest BCUT2D eigenvalue weighted by molar-refractivity contribution is 8.15. The number of benzene rings is 1. The van der Waals surface area contributed by atoms with Crippen molar-refractivity contribution in [1.29, 1.82) is 0 Å². The van der Waals surface area contributed by atoms with Gasteiger partial charge in [-0.25, -0.2) is 8.42 Å². The molecule has 2 aliphatic carbocycles. The molecular weight excluding hydrogens is 408 g/mol. The van der Waals surface area contributed by atoms with Gasteiger partial charge in [-0.2, -0.15) is 4.99 Å². The molecule has 5 rings (SSSR count). The molecule has 29 heavy (non-hydrogen) atoms. The Morgan fingerprint density at radius 3 is 2.76 bits per heavy atom. The maximum Gasteiger partial charge on any atom is 0.252 e. The maximum atomic E-state index is 12.8. The van der Waals surface area contributed by atoms with E-state index in [1.54, 1.807) is 7.11 Å².